The monoisotopic (exact) mass is 353 g/mol. The molecule has 0 N–H and O–H groups in total. The van der Waals surface area contributed by atoms with Gasteiger partial charge in [-0.1, -0.05) is 23.7 Å². The number of halogens is 1. The molecule has 0 radical (unpaired) electrons. The summed E-state index contributed by atoms with van der Waals surface area (Å²) >= 11 is 6.05. The highest BCUT2D eigenvalue weighted by molar-refractivity contribution is 6.30. The molecule has 0 amide bonds. The van der Waals surface area contributed by atoms with E-state index in [1.54, 1.807) is 0 Å². The second-order valence-electron chi connectivity index (χ2n) is 7.00. The number of hydrogen-bond acceptors (Lipinski definition) is 2. The van der Waals surface area contributed by atoms with Gasteiger partial charge in [0.25, 0.3) is 0 Å². The number of anilines is 1. The summed E-state index contributed by atoms with van der Waals surface area (Å²) in [5, 5.41) is 2.10. The van der Waals surface area contributed by atoms with Gasteiger partial charge in [-0.3, -0.25) is 0 Å². The van der Waals surface area contributed by atoms with Crippen LogP contribution in [0.15, 0.2) is 36.5 Å². The first-order valence-electron chi connectivity index (χ1n) is 9.09. The van der Waals surface area contributed by atoms with E-state index in [2.05, 4.69) is 41.5 Å². The second-order valence-corrected chi connectivity index (χ2v) is 7.44. The summed E-state index contributed by atoms with van der Waals surface area (Å²) in [6, 6.07) is 10.3. The number of fused-ring (bicyclic) bond motifs is 1. The second kappa shape index (κ2) is 6.72. The summed E-state index contributed by atoms with van der Waals surface area (Å²) in [7, 11) is 0. The molecule has 0 spiro atoms. The average molecular weight is 354 g/mol. The summed E-state index contributed by atoms with van der Waals surface area (Å²) < 4.78 is 2.42. The smallest absolute Gasteiger partial charge is 0.153 e. The molecule has 2 aromatic heterocycles. The van der Waals surface area contributed by atoms with E-state index in [4.69, 9.17) is 16.6 Å². The predicted octanol–water partition coefficient (Wildman–Crippen LogP) is 5.35. The van der Waals surface area contributed by atoms with Gasteiger partial charge >= 0.3 is 0 Å². The molecule has 0 unspecified atom stereocenters. The van der Waals surface area contributed by atoms with Crippen molar-refractivity contribution in [2.45, 2.75) is 39.7 Å². The molecule has 0 atom stereocenters. The van der Waals surface area contributed by atoms with E-state index in [0.29, 0.717) is 0 Å². The van der Waals surface area contributed by atoms with Gasteiger partial charge in [0.1, 0.15) is 0 Å². The van der Waals surface area contributed by atoms with Crippen LogP contribution in [0.4, 0.5) is 5.82 Å². The number of nitrogens with zero attached hydrogens (tertiary/aromatic N) is 3. The Morgan fingerprint density at radius 1 is 1.00 bits per heavy atom. The lowest BCUT2D eigenvalue weighted by Gasteiger charge is -2.28. The van der Waals surface area contributed by atoms with Crippen molar-refractivity contribution in [1.82, 2.24) is 9.55 Å². The van der Waals surface area contributed by atoms with Crippen LogP contribution in [-0.4, -0.2) is 22.6 Å². The number of pyridine rings is 1. The highest BCUT2D eigenvalue weighted by atomic mass is 35.5. The molecule has 1 aliphatic rings. The van der Waals surface area contributed by atoms with Crippen molar-refractivity contribution in [3.8, 4) is 0 Å². The van der Waals surface area contributed by atoms with Crippen molar-refractivity contribution in [3.63, 3.8) is 0 Å². The van der Waals surface area contributed by atoms with E-state index in [9.17, 15) is 0 Å². The van der Waals surface area contributed by atoms with Crippen LogP contribution in [0, 0.1) is 13.8 Å². The van der Waals surface area contributed by atoms with Gasteiger partial charge < -0.3 is 9.47 Å². The summed E-state index contributed by atoms with van der Waals surface area (Å²) in [5.41, 5.74) is 5.20. The Balaban J connectivity index is 1.84. The highest BCUT2D eigenvalue weighted by Gasteiger charge is 2.20. The predicted molar refractivity (Wildman–Crippen MR) is 106 cm³/mol. The van der Waals surface area contributed by atoms with Crippen molar-refractivity contribution in [2.24, 2.45) is 0 Å². The van der Waals surface area contributed by atoms with Crippen LogP contribution < -0.4 is 4.90 Å². The van der Waals surface area contributed by atoms with Gasteiger partial charge in [0.05, 0.1) is 5.52 Å². The van der Waals surface area contributed by atoms with Crippen molar-refractivity contribution in [1.29, 1.82) is 0 Å². The third kappa shape index (κ3) is 3.02. The Hall–Kier alpha value is -2.00. The molecule has 0 aliphatic carbocycles. The minimum atomic E-state index is 0.782. The van der Waals surface area contributed by atoms with Crippen LogP contribution in [0.5, 0.6) is 0 Å². The highest BCUT2D eigenvalue weighted by Crippen LogP contribution is 2.33. The van der Waals surface area contributed by atoms with Gasteiger partial charge in [0, 0.05) is 41.9 Å². The minimum Gasteiger partial charge on any atom is -0.355 e. The molecular weight excluding hydrogens is 330 g/mol. The van der Waals surface area contributed by atoms with Crippen molar-refractivity contribution in [2.75, 3.05) is 18.0 Å². The number of aryl methyl sites for hydroxylation is 1. The van der Waals surface area contributed by atoms with Gasteiger partial charge in [0.15, 0.2) is 5.82 Å². The summed E-state index contributed by atoms with van der Waals surface area (Å²) in [6.45, 7) is 7.49. The van der Waals surface area contributed by atoms with Crippen molar-refractivity contribution < 1.29 is 0 Å². The standard InChI is InChI=1S/C21H24ClN3/c1-15-16(2)25(14-17-6-8-18(22)9-7-17)20-19(15)10-11-23-21(20)24-12-4-3-5-13-24/h6-11H,3-5,12-14H2,1-2H3. The van der Waals surface area contributed by atoms with Crippen LogP contribution >= 0.6 is 11.6 Å². The van der Waals surface area contributed by atoms with Crippen LogP contribution in [-0.2, 0) is 6.54 Å². The fourth-order valence-corrected chi connectivity index (χ4v) is 4.01. The first kappa shape index (κ1) is 16.5. The third-order valence-corrected chi connectivity index (χ3v) is 5.69. The first-order chi connectivity index (χ1) is 12.1. The molecule has 1 aromatic carbocycles. The molecule has 0 bridgehead atoms. The van der Waals surface area contributed by atoms with E-state index in [1.807, 2.05) is 18.3 Å². The molecule has 4 rings (SSSR count). The van der Waals surface area contributed by atoms with Crippen molar-refractivity contribution in [3.05, 3.63) is 58.4 Å². The maximum Gasteiger partial charge on any atom is 0.153 e. The average Bonchev–Trinajstić information content (AvgIpc) is 2.89. The van der Waals surface area contributed by atoms with Crippen LogP contribution in [0.25, 0.3) is 10.9 Å². The summed E-state index contributed by atoms with van der Waals surface area (Å²) in [6.07, 6.45) is 5.81. The maximum atomic E-state index is 6.05. The van der Waals surface area contributed by atoms with Gasteiger partial charge in [0.2, 0.25) is 0 Å². The fraction of sp³-hybridized carbons (Fsp3) is 0.381. The number of rotatable bonds is 3. The zero-order chi connectivity index (χ0) is 17.4. The van der Waals surface area contributed by atoms with Gasteiger partial charge in [-0.15, -0.1) is 0 Å². The first-order valence-corrected chi connectivity index (χ1v) is 9.47. The van der Waals surface area contributed by atoms with Gasteiger partial charge in [-0.05, 0) is 62.4 Å². The van der Waals surface area contributed by atoms with E-state index >= 15 is 0 Å². The molecule has 3 aromatic rings. The Bertz CT molecular complexity index is 890. The summed E-state index contributed by atoms with van der Waals surface area (Å²) in [5.74, 6) is 1.14. The Kier molecular flexibility index (Phi) is 4.43. The maximum absolute atomic E-state index is 6.05. The Morgan fingerprint density at radius 3 is 2.44 bits per heavy atom. The quantitative estimate of drug-likeness (QED) is 0.633. The number of aromatic nitrogens is 2. The lowest BCUT2D eigenvalue weighted by molar-refractivity contribution is 0.574. The fourth-order valence-electron chi connectivity index (χ4n) is 3.88. The zero-order valence-corrected chi connectivity index (χ0v) is 15.7. The third-order valence-electron chi connectivity index (χ3n) is 5.44. The molecule has 25 heavy (non-hydrogen) atoms. The summed E-state index contributed by atoms with van der Waals surface area (Å²) in [4.78, 5) is 7.25. The largest absolute Gasteiger partial charge is 0.355 e. The lowest BCUT2D eigenvalue weighted by atomic mass is 10.1. The lowest BCUT2D eigenvalue weighted by Crippen LogP contribution is -2.30. The SMILES string of the molecule is Cc1c(C)n(Cc2ccc(Cl)cc2)c2c(N3CCCCC3)nccc12. The molecule has 3 nitrogen and oxygen atoms in total. The van der Waals surface area contributed by atoms with Crippen LogP contribution in [0.1, 0.15) is 36.1 Å². The topological polar surface area (TPSA) is 21.1 Å². The molecular formula is C21H24ClN3. The number of piperidine rings is 1. The van der Waals surface area contributed by atoms with Crippen molar-refractivity contribution >= 4 is 28.3 Å². The molecule has 1 aliphatic heterocycles. The Morgan fingerprint density at radius 2 is 1.72 bits per heavy atom. The van der Waals surface area contributed by atoms with E-state index < -0.39 is 0 Å². The van der Waals surface area contributed by atoms with Gasteiger partial charge in [-0.2, -0.15) is 0 Å². The molecule has 1 saturated heterocycles. The van der Waals surface area contributed by atoms with E-state index in [0.717, 1.165) is 30.5 Å². The number of benzene rings is 1. The zero-order valence-electron chi connectivity index (χ0n) is 14.9. The van der Waals surface area contributed by atoms with E-state index in [-0.39, 0.29) is 0 Å². The molecule has 3 heterocycles. The molecule has 4 heteroatoms. The normalized spacial score (nSPS) is 15.1. The van der Waals surface area contributed by atoms with Crippen LogP contribution in [0.3, 0.4) is 0 Å². The molecule has 0 saturated carbocycles. The molecule has 1 fully saturated rings. The Labute approximate surface area is 154 Å². The number of hydrogen-bond donors (Lipinski definition) is 0. The minimum absolute atomic E-state index is 0.782. The van der Waals surface area contributed by atoms with Crippen LogP contribution in [0.2, 0.25) is 5.02 Å². The van der Waals surface area contributed by atoms with Gasteiger partial charge in [-0.25, -0.2) is 4.98 Å². The van der Waals surface area contributed by atoms with E-state index in [1.165, 1.54) is 47.0 Å². The molecule has 130 valence electrons.